The average molecular weight is 415 g/mol. The molecule has 0 spiro atoms. The lowest BCUT2D eigenvalue weighted by Gasteiger charge is -2.14. The number of hydrogen-bond acceptors (Lipinski definition) is 8. The zero-order valence-electron chi connectivity index (χ0n) is 16.0. The van der Waals surface area contributed by atoms with E-state index in [2.05, 4.69) is 19.8 Å². The van der Waals surface area contributed by atoms with Crippen LogP contribution in [-0.2, 0) is 10.0 Å². The maximum atomic E-state index is 12.7. The Morgan fingerprint density at radius 3 is 2.72 bits per heavy atom. The minimum absolute atomic E-state index is 0.170. The van der Waals surface area contributed by atoms with Crippen LogP contribution in [0.1, 0.15) is 18.4 Å². The van der Waals surface area contributed by atoms with Gasteiger partial charge in [0.2, 0.25) is 21.7 Å². The number of benzene rings is 1. The molecule has 0 aliphatic carbocycles. The molecule has 2 aromatic heterocycles. The highest BCUT2D eigenvalue weighted by molar-refractivity contribution is 7.89. The van der Waals surface area contributed by atoms with Crippen molar-refractivity contribution in [1.82, 2.24) is 24.7 Å². The smallest absolute Gasteiger partial charge is 0.244 e. The van der Waals surface area contributed by atoms with Gasteiger partial charge in [-0.05, 0) is 49.9 Å². The summed E-state index contributed by atoms with van der Waals surface area (Å²) >= 11 is 0. The van der Waals surface area contributed by atoms with Crippen LogP contribution in [-0.4, -0.2) is 55.2 Å². The zero-order valence-corrected chi connectivity index (χ0v) is 16.8. The van der Waals surface area contributed by atoms with Gasteiger partial charge in [0.25, 0.3) is 0 Å². The van der Waals surface area contributed by atoms with Gasteiger partial charge in [-0.1, -0.05) is 5.16 Å². The Morgan fingerprint density at radius 1 is 1.24 bits per heavy atom. The van der Waals surface area contributed by atoms with Crippen molar-refractivity contribution < 1.29 is 17.7 Å². The van der Waals surface area contributed by atoms with Crippen molar-refractivity contribution in [3.05, 3.63) is 54.7 Å². The minimum Gasteiger partial charge on any atom is -0.497 e. The average Bonchev–Trinajstić information content (AvgIpc) is 3.35. The Bertz CT molecular complexity index is 1070. The summed E-state index contributed by atoms with van der Waals surface area (Å²) in [6.45, 7) is 0.532. The number of likely N-dealkylation sites (N-methyl/N-ethyl adjacent to an activating group) is 1. The summed E-state index contributed by atoms with van der Waals surface area (Å²) in [6.07, 6.45) is 3.87. The predicted molar refractivity (Wildman–Crippen MR) is 105 cm³/mol. The number of ether oxygens (including phenoxy) is 1. The third-order valence-corrected chi connectivity index (χ3v) is 6.42. The second kappa shape index (κ2) is 7.90. The second-order valence-corrected chi connectivity index (χ2v) is 8.60. The van der Waals surface area contributed by atoms with E-state index in [1.807, 2.05) is 18.0 Å². The summed E-state index contributed by atoms with van der Waals surface area (Å²) in [5.41, 5.74) is 0.764. The lowest BCUT2D eigenvalue weighted by Crippen LogP contribution is -2.36. The molecule has 10 heteroatoms. The van der Waals surface area contributed by atoms with Crippen LogP contribution in [0.15, 0.2) is 58.2 Å². The first kappa shape index (κ1) is 19.5. The fourth-order valence-corrected chi connectivity index (χ4v) is 4.64. The fraction of sp³-hybridized carbons (Fsp3) is 0.316. The standard InChI is InChI=1S/C19H21N5O4S/c1-24-12-14(23-29(25,26)16-7-5-15(27-2)6-8-16)10-17(24)19-21-18(22-28-19)13-4-3-9-20-11-13/h3-9,11,14,17,23H,10,12H2,1-2H3/t14-,17-/m0/s1. The molecule has 1 saturated heterocycles. The lowest BCUT2D eigenvalue weighted by atomic mass is 10.2. The van der Waals surface area contributed by atoms with E-state index in [4.69, 9.17) is 9.26 Å². The molecule has 0 saturated carbocycles. The van der Waals surface area contributed by atoms with Crippen molar-refractivity contribution in [3.63, 3.8) is 0 Å². The number of aromatic nitrogens is 3. The maximum Gasteiger partial charge on any atom is 0.244 e. The van der Waals surface area contributed by atoms with Crippen molar-refractivity contribution in [1.29, 1.82) is 0 Å². The van der Waals surface area contributed by atoms with Gasteiger partial charge in [-0.2, -0.15) is 4.98 Å². The van der Waals surface area contributed by atoms with E-state index in [9.17, 15) is 8.42 Å². The molecule has 1 aliphatic rings. The molecule has 9 nitrogen and oxygen atoms in total. The number of methoxy groups -OCH3 is 1. The van der Waals surface area contributed by atoms with Crippen LogP contribution in [0.2, 0.25) is 0 Å². The first-order valence-corrected chi connectivity index (χ1v) is 10.6. The van der Waals surface area contributed by atoms with Gasteiger partial charge in [-0.25, -0.2) is 13.1 Å². The van der Waals surface area contributed by atoms with Crippen LogP contribution < -0.4 is 9.46 Å². The summed E-state index contributed by atoms with van der Waals surface area (Å²) < 4.78 is 38.7. The van der Waals surface area contributed by atoms with Gasteiger partial charge in [0.1, 0.15) is 5.75 Å². The normalized spacial score (nSPS) is 20.1. The van der Waals surface area contributed by atoms with Gasteiger partial charge in [-0.3, -0.25) is 9.88 Å². The number of nitrogens with zero attached hydrogens (tertiary/aromatic N) is 4. The maximum absolute atomic E-state index is 12.7. The summed E-state index contributed by atoms with van der Waals surface area (Å²) in [7, 11) is -0.204. The first-order valence-electron chi connectivity index (χ1n) is 9.07. The topological polar surface area (TPSA) is 110 Å². The summed E-state index contributed by atoms with van der Waals surface area (Å²) in [6, 6.07) is 9.50. The number of rotatable bonds is 6. The number of sulfonamides is 1. The number of nitrogens with one attached hydrogen (secondary N) is 1. The molecule has 1 aliphatic heterocycles. The summed E-state index contributed by atoms with van der Waals surface area (Å²) in [4.78, 5) is 10.7. The molecule has 0 bridgehead atoms. The van der Waals surface area contributed by atoms with E-state index in [0.29, 0.717) is 30.4 Å². The molecule has 1 aromatic carbocycles. The molecule has 29 heavy (non-hydrogen) atoms. The Kier molecular flexibility index (Phi) is 5.31. The minimum atomic E-state index is -3.64. The number of pyridine rings is 1. The quantitative estimate of drug-likeness (QED) is 0.650. The van der Waals surface area contributed by atoms with Crippen LogP contribution in [0.5, 0.6) is 5.75 Å². The fourth-order valence-electron chi connectivity index (χ4n) is 3.40. The van der Waals surface area contributed by atoms with Crippen molar-refractivity contribution in [2.45, 2.75) is 23.4 Å². The Hall–Kier alpha value is -2.82. The number of likely N-dealkylation sites (tertiary alicyclic amines) is 1. The van der Waals surface area contributed by atoms with E-state index >= 15 is 0 Å². The summed E-state index contributed by atoms with van der Waals surface area (Å²) in [5, 5.41) is 4.03. The lowest BCUT2D eigenvalue weighted by molar-refractivity contribution is 0.244. The van der Waals surface area contributed by atoms with Crippen molar-refractivity contribution in [3.8, 4) is 17.1 Å². The number of hydrogen-bond donors (Lipinski definition) is 1. The van der Waals surface area contributed by atoms with Gasteiger partial charge in [0.05, 0.1) is 18.0 Å². The van der Waals surface area contributed by atoms with Crippen LogP contribution >= 0.6 is 0 Å². The second-order valence-electron chi connectivity index (χ2n) is 6.88. The Labute approximate surface area is 168 Å². The van der Waals surface area contributed by atoms with Crippen LogP contribution in [0.3, 0.4) is 0 Å². The van der Waals surface area contributed by atoms with E-state index in [1.165, 1.54) is 19.2 Å². The predicted octanol–water partition coefficient (Wildman–Crippen LogP) is 1.86. The largest absolute Gasteiger partial charge is 0.497 e. The van der Waals surface area contributed by atoms with Gasteiger partial charge in [-0.15, -0.1) is 0 Å². The first-order chi connectivity index (χ1) is 14.0. The zero-order chi connectivity index (χ0) is 20.4. The van der Waals surface area contributed by atoms with Crippen molar-refractivity contribution in [2.75, 3.05) is 20.7 Å². The van der Waals surface area contributed by atoms with Crippen molar-refractivity contribution in [2.24, 2.45) is 0 Å². The SMILES string of the molecule is COc1ccc(S(=O)(=O)N[C@H]2C[C@@H](c3nc(-c4cccnc4)no3)N(C)C2)cc1. The molecule has 0 amide bonds. The summed E-state index contributed by atoms with van der Waals surface area (Å²) in [5.74, 6) is 1.52. The van der Waals surface area contributed by atoms with E-state index in [-0.39, 0.29) is 17.0 Å². The van der Waals surface area contributed by atoms with E-state index in [0.717, 1.165) is 5.56 Å². The van der Waals surface area contributed by atoms with E-state index < -0.39 is 10.0 Å². The Morgan fingerprint density at radius 2 is 2.03 bits per heavy atom. The third-order valence-electron chi connectivity index (χ3n) is 4.89. The highest BCUT2D eigenvalue weighted by atomic mass is 32.2. The highest BCUT2D eigenvalue weighted by Gasteiger charge is 2.36. The molecule has 0 unspecified atom stereocenters. The molecule has 152 valence electrons. The molecular weight excluding hydrogens is 394 g/mol. The van der Waals surface area contributed by atoms with Gasteiger partial charge in [0.15, 0.2) is 0 Å². The molecule has 4 rings (SSSR count). The van der Waals surface area contributed by atoms with Crippen LogP contribution in [0.25, 0.3) is 11.4 Å². The molecule has 0 radical (unpaired) electrons. The molecule has 1 fully saturated rings. The molecule has 3 aromatic rings. The van der Waals surface area contributed by atoms with Crippen molar-refractivity contribution >= 4 is 10.0 Å². The van der Waals surface area contributed by atoms with Crippen LogP contribution in [0, 0.1) is 0 Å². The van der Waals surface area contributed by atoms with Gasteiger partial charge in [0, 0.05) is 30.5 Å². The van der Waals surface area contributed by atoms with Gasteiger partial charge >= 0.3 is 0 Å². The third kappa shape index (κ3) is 4.14. The van der Waals surface area contributed by atoms with Gasteiger partial charge < -0.3 is 9.26 Å². The highest BCUT2D eigenvalue weighted by Crippen LogP contribution is 2.31. The van der Waals surface area contributed by atoms with Crippen LogP contribution in [0.4, 0.5) is 0 Å². The molecule has 3 heterocycles. The molecular formula is C19H21N5O4S. The Balaban J connectivity index is 1.46. The monoisotopic (exact) mass is 415 g/mol. The molecule has 2 atom stereocenters. The molecule has 1 N–H and O–H groups in total. The van der Waals surface area contributed by atoms with E-state index in [1.54, 1.807) is 30.6 Å².